The number of rotatable bonds is 5. The van der Waals surface area contributed by atoms with Crippen LogP contribution in [0.5, 0.6) is 0 Å². The highest BCUT2D eigenvalue weighted by Gasteiger charge is 2.18. The smallest absolute Gasteiger partial charge is 0.290 e. The molecule has 1 aromatic carbocycles. The summed E-state index contributed by atoms with van der Waals surface area (Å²) in [5.74, 6) is -3.08. The molecule has 0 aliphatic carbocycles. The number of carbonyl (C=O) groups is 1. The lowest BCUT2D eigenvalue weighted by Crippen LogP contribution is -2.27. The number of pyridine rings is 1. The van der Waals surface area contributed by atoms with Gasteiger partial charge >= 0.3 is 0 Å². The minimum absolute atomic E-state index is 0.0123. The van der Waals surface area contributed by atoms with Gasteiger partial charge in [-0.25, -0.2) is 4.98 Å². The zero-order valence-electron chi connectivity index (χ0n) is 11.6. The van der Waals surface area contributed by atoms with E-state index in [0.29, 0.717) is 5.02 Å². The molecular formula is C15H13ClF2N2OS. The van der Waals surface area contributed by atoms with Crippen molar-refractivity contribution in [3.8, 4) is 0 Å². The van der Waals surface area contributed by atoms with Crippen LogP contribution in [0.1, 0.15) is 28.9 Å². The van der Waals surface area contributed by atoms with Crippen LogP contribution in [0.2, 0.25) is 5.02 Å². The van der Waals surface area contributed by atoms with Gasteiger partial charge in [-0.15, -0.1) is 0 Å². The summed E-state index contributed by atoms with van der Waals surface area (Å²) in [5.41, 5.74) is 0.998. The maximum absolute atomic E-state index is 12.5. The van der Waals surface area contributed by atoms with E-state index in [9.17, 15) is 13.6 Å². The summed E-state index contributed by atoms with van der Waals surface area (Å²) in [6, 6.07) is 9.77. The van der Waals surface area contributed by atoms with Crippen molar-refractivity contribution >= 4 is 29.3 Å². The van der Waals surface area contributed by atoms with Crippen LogP contribution < -0.4 is 5.32 Å². The largest absolute Gasteiger partial charge is 0.345 e. The molecule has 0 aliphatic rings. The van der Waals surface area contributed by atoms with E-state index >= 15 is 0 Å². The second-order valence-corrected chi connectivity index (χ2v) is 5.90. The number of hydrogen-bond acceptors (Lipinski definition) is 3. The third-order valence-electron chi connectivity index (χ3n) is 2.93. The summed E-state index contributed by atoms with van der Waals surface area (Å²) in [5, 5.41) is 3.38. The molecule has 1 heterocycles. The van der Waals surface area contributed by atoms with Crippen molar-refractivity contribution in [3.63, 3.8) is 0 Å². The molecule has 7 heteroatoms. The van der Waals surface area contributed by atoms with Gasteiger partial charge in [-0.05, 0) is 48.5 Å². The Morgan fingerprint density at radius 2 is 1.95 bits per heavy atom. The normalized spacial score (nSPS) is 12.2. The monoisotopic (exact) mass is 342 g/mol. The molecule has 0 aliphatic heterocycles. The van der Waals surface area contributed by atoms with E-state index in [2.05, 4.69) is 10.3 Å². The van der Waals surface area contributed by atoms with E-state index in [0.717, 1.165) is 5.56 Å². The third kappa shape index (κ3) is 4.42. The predicted molar refractivity (Wildman–Crippen MR) is 83.4 cm³/mol. The van der Waals surface area contributed by atoms with Gasteiger partial charge in [-0.1, -0.05) is 23.7 Å². The Balaban J connectivity index is 2.13. The van der Waals surface area contributed by atoms with E-state index in [1.54, 1.807) is 31.2 Å². The van der Waals surface area contributed by atoms with Crippen LogP contribution in [-0.4, -0.2) is 16.6 Å². The van der Waals surface area contributed by atoms with E-state index in [1.165, 1.54) is 18.3 Å². The molecule has 1 aromatic heterocycles. The maximum Gasteiger partial charge on any atom is 0.290 e. The SMILES string of the molecule is CC(NC(=O)c1cccnc1SC(F)F)c1ccc(Cl)cc1. The molecule has 0 spiro atoms. The average molecular weight is 343 g/mol. The van der Waals surface area contributed by atoms with Crippen LogP contribution in [-0.2, 0) is 0 Å². The van der Waals surface area contributed by atoms with Gasteiger partial charge in [-0.2, -0.15) is 8.78 Å². The van der Waals surface area contributed by atoms with Gasteiger partial charge < -0.3 is 5.32 Å². The number of nitrogens with one attached hydrogen (secondary N) is 1. The van der Waals surface area contributed by atoms with Gasteiger partial charge in [0.25, 0.3) is 11.7 Å². The number of amides is 1. The Morgan fingerprint density at radius 1 is 1.27 bits per heavy atom. The zero-order chi connectivity index (χ0) is 16.1. The average Bonchev–Trinajstić information content (AvgIpc) is 2.47. The van der Waals surface area contributed by atoms with Gasteiger partial charge in [-0.3, -0.25) is 4.79 Å². The minimum Gasteiger partial charge on any atom is -0.345 e. The van der Waals surface area contributed by atoms with Crippen LogP contribution in [0.4, 0.5) is 8.78 Å². The lowest BCUT2D eigenvalue weighted by Gasteiger charge is -2.15. The number of aromatic nitrogens is 1. The Hall–Kier alpha value is -1.66. The molecule has 0 saturated heterocycles. The highest BCUT2D eigenvalue weighted by molar-refractivity contribution is 7.99. The van der Waals surface area contributed by atoms with Crippen LogP contribution in [0.15, 0.2) is 47.6 Å². The summed E-state index contributed by atoms with van der Waals surface area (Å²) in [6.07, 6.45) is 1.38. The number of thioether (sulfide) groups is 1. The number of nitrogens with zero attached hydrogens (tertiary/aromatic N) is 1. The highest BCUT2D eigenvalue weighted by Crippen LogP contribution is 2.26. The molecule has 3 nitrogen and oxygen atoms in total. The number of alkyl halides is 2. The second-order valence-electron chi connectivity index (χ2n) is 4.48. The van der Waals surface area contributed by atoms with Gasteiger partial charge in [0.05, 0.1) is 11.6 Å². The molecule has 2 rings (SSSR count). The topological polar surface area (TPSA) is 42.0 Å². The summed E-state index contributed by atoms with van der Waals surface area (Å²) in [6.45, 7) is 1.80. The first-order valence-corrected chi connectivity index (χ1v) is 7.69. The number of benzene rings is 1. The lowest BCUT2D eigenvalue weighted by molar-refractivity contribution is 0.0936. The zero-order valence-corrected chi connectivity index (χ0v) is 13.2. The number of carbonyl (C=O) groups excluding carboxylic acids is 1. The fourth-order valence-electron chi connectivity index (χ4n) is 1.85. The molecular weight excluding hydrogens is 330 g/mol. The van der Waals surface area contributed by atoms with Crippen LogP contribution >= 0.6 is 23.4 Å². The quantitative estimate of drug-likeness (QED) is 0.811. The van der Waals surface area contributed by atoms with E-state index < -0.39 is 11.7 Å². The summed E-state index contributed by atoms with van der Waals surface area (Å²) in [4.78, 5) is 16.1. The maximum atomic E-state index is 12.5. The molecule has 2 aromatic rings. The Bertz CT molecular complexity index is 652. The third-order valence-corrected chi connectivity index (χ3v) is 3.91. The first-order valence-electron chi connectivity index (χ1n) is 6.43. The molecule has 22 heavy (non-hydrogen) atoms. The molecule has 1 unspecified atom stereocenters. The fraction of sp³-hybridized carbons (Fsp3) is 0.200. The van der Waals surface area contributed by atoms with Crippen LogP contribution in [0.3, 0.4) is 0 Å². The first-order chi connectivity index (χ1) is 10.5. The molecule has 0 saturated carbocycles. The van der Waals surface area contributed by atoms with Gasteiger partial charge in [0.2, 0.25) is 0 Å². The fourth-order valence-corrected chi connectivity index (χ4v) is 2.56. The molecule has 116 valence electrons. The second kappa shape index (κ2) is 7.56. The Kier molecular flexibility index (Phi) is 5.74. The van der Waals surface area contributed by atoms with Gasteiger partial charge in [0.15, 0.2) is 0 Å². The Morgan fingerprint density at radius 3 is 2.59 bits per heavy atom. The molecule has 0 bridgehead atoms. The number of hydrogen-bond donors (Lipinski definition) is 1. The number of halogens is 3. The predicted octanol–water partition coefficient (Wildman–Crippen LogP) is 4.54. The van der Waals surface area contributed by atoms with Crippen molar-refractivity contribution in [1.29, 1.82) is 0 Å². The first kappa shape index (κ1) is 16.7. The van der Waals surface area contributed by atoms with E-state index in [-0.39, 0.29) is 28.4 Å². The van der Waals surface area contributed by atoms with Crippen molar-refractivity contribution in [2.75, 3.05) is 0 Å². The molecule has 0 fully saturated rings. The van der Waals surface area contributed by atoms with Gasteiger partial charge in [0.1, 0.15) is 5.03 Å². The van der Waals surface area contributed by atoms with Crippen LogP contribution in [0, 0.1) is 0 Å². The lowest BCUT2D eigenvalue weighted by atomic mass is 10.1. The Labute approximate surface area is 136 Å². The van der Waals surface area contributed by atoms with Crippen molar-refractivity contribution in [2.24, 2.45) is 0 Å². The molecule has 1 atom stereocenters. The van der Waals surface area contributed by atoms with E-state index in [1.807, 2.05) is 0 Å². The van der Waals surface area contributed by atoms with Crippen molar-refractivity contribution in [1.82, 2.24) is 10.3 Å². The summed E-state index contributed by atoms with van der Waals surface area (Å²) >= 11 is 6.07. The standard InChI is InChI=1S/C15H13ClF2N2OS/c1-9(10-4-6-11(16)7-5-10)20-13(21)12-3-2-8-19-14(12)22-15(17)18/h2-9,15H,1H3,(H,20,21). The summed E-state index contributed by atoms with van der Waals surface area (Å²) in [7, 11) is 0. The summed E-state index contributed by atoms with van der Waals surface area (Å²) < 4.78 is 25.0. The van der Waals surface area contributed by atoms with Crippen LogP contribution in [0.25, 0.3) is 0 Å². The molecule has 1 N–H and O–H groups in total. The van der Waals surface area contributed by atoms with Crippen molar-refractivity contribution < 1.29 is 13.6 Å². The molecule has 1 amide bonds. The van der Waals surface area contributed by atoms with Crippen molar-refractivity contribution in [3.05, 3.63) is 58.7 Å². The highest BCUT2D eigenvalue weighted by atomic mass is 35.5. The molecule has 0 radical (unpaired) electrons. The van der Waals surface area contributed by atoms with E-state index in [4.69, 9.17) is 11.6 Å². The van der Waals surface area contributed by atoms with Crippen molar-refractivity contribution in [2.45, 2.75) is 23.7 Å². The minimum atomic E-state index is -2.63. The van der Waals surface area contributed by atoms with Gasteiger partial charge in [0, 0.05) is 11.2 Å².